The maximum absolute atomic E-state index is 12.6. The SMILES string of the molecule is CC(NCCn1cc(C(F)(F)F)ccc1=O)c1ccco1. The van der Waals surface area contributed by atoms with E-state index in [0.29, 0.717) is 6.54 Å². The number of halogens is 3. The van der Waals surface area contributed by atoms with Crippen molar-refractivity contribution in [2.75, 3.05) is 6.54 Å². The summed E-state index contributed by atoms with van der Waals surface area (Å²) in [6.07, 6.45) is -2.07. The molecule has 2 rings (SSSR count). The van der Waals surface area contributed by atoms with E-state index in [1.807, 2.05) is 6.92 Å². The van der Waals surface area contributed by atoms with Crippen molar-refractivity contribution in [3.05, 3.63) is 58.4 Å². The molecule has 4 nitrogen and oxygen atoms in total. The van der Waals surface area contributed by atoms with Crippen LogP contribution < -0.4 is 10.9 Å². The summed E-state index contributed by atoms with van der Waals surface area (Å²) < 4.78 is 44.0. The number of pyridine rings is 1. The first-order valence-electron chi connectivity index (χ1n) is 6.42. The van der Waals surface area contributed by atoms with Gasteiger partial charge in [0.15, 0.2) is 0 Å². The standard InChI is InChI=1S/C14H15F3N2O2/c1-10(12-3-2-8-21-12)18-6-7-19-9-11(14(15,16)17)4-5-13(19)20/h2-5,8-10,18H,6-7H2,1H3. The van der Waals surface area contributed by atoms with Gasteiger partial charge in [-0.3, -0.25) is 4.79 Å². The second kappa shape index (κ2) is 6.17. The Kier molecular flexibility index (Phi) is 4.52. The van der Waals surface area contributed by atoms with E-state index in [1.54, 1.807) is 18.4 Å². The van der Waals surface area contributed by atoms with Crippen molar-refractivity contribution in [1.29, 1.82) is 0 Å². The summed E-state index contributed by atoms with van der Waals surface area (Å²) in [7, 11) is 0. The molecule has 0 spiro atoms. The number of furan rings is 1. The third-order valence-electron chi connectivity index (χ3n) is 3.08. The van der Waals surface area contributed by atoms with Gasteiger partial charge in [-0.05, 0) is 25.1 Å². The van der Waals surface area contributed by atoms with Crippen molar-refractivity contribution >= 4 is 0 Å². The second-order valence-corrected chi connectivity index (χ2v) is 4.64. The van der Waals surface area contributed by atoms with Gasteiger partial charge in [0.05, 0.1) is 17.9 Å². The minimum Gasteiger partial charge on any atom is -0.468 e. The number of hydrogen-bond acceptors (Lipinski definition) is 3. The minimum absolute atomic E-state index is 0.0819. The molecule has 0 saturated carbocycles. The first-order chi connectivity index (χ1) is 9.88. The molecule has 1 atom stereocenters. The van der Waals surface area contributed by atoms with Crippen LogP contribution in [-0.2, 0) is 12.7 Å². The highest BCUT2D eigenvalue weighted by Gasteiger charge is 2.30. The first kappa shape index (κ1) is 15.4. The van der Waals surface area contributed by atoms with Crippen molar-refractivity contribution < 1.29 is 17.6 Å². The van der Waals surface area contributed by atoms with Gasteiger partial charge in [0.2, 0.25) is 0 Å². The summed E-state index contributed by atoms with van der Waals surface area (Å²) in [6, 6.07) is 5.19. The molecule has 0 amide bonds. The predicted octanol–water partition coefficient (Wildman–Crippen LogP) is 2.81. The molecule has 0 saturated heterocycles. The van der Waals surface area contributed by atoms with Crippen LogP contribution in [0.4, 0.5) is 13.2 Å². The Labute approximate surface area is 119 Å². The summed E-state index contributed by atoms with van der Waals surface area (Å²) >= 11 is 0. The third kappa shape index (κ3) is 3.98. The Morgan fingerprint density at radius 2 is 2.10 bits per heavy atom. The lowest BCUT2D eigenvalue weighted by atomic mass is 10.2. The van der Waals surface area contributed by atoms with Crippen molar-refractivity contribution in [3.8, 4) is 0 Å². The number of nitrogens with zero attached hydrogens (tertiary/aromatic N) is 1. The van der Waals surface area contributed by atoms with E-state index in [1.165, 1.54) is 0 Å². The average molecular weight is 300 g/mol. The lowest BCUT2D eigenvalue weighted by molar-refractivity contribution is -0.138. The molecule has 2 aromatic heterocycles. The molecule has 0 aliphatic carbocycles. The first-order valence-corrected chi connectivity index (χ1v) is 6.42. The van der Waals surface area contributed by atoms with Crippen LogP contribution in [-0.4, -0.2) is 11.1 Å². The van der Waals surface area contributed by atoms with Crippen molar-refractivity contribution in [2.24, 2.45) is 0 Å². The van der Waals surface area contributed by atoms with E-state index in [2.05, 4.69) is 5.32 Å². The van der Waals surface area contributed by atoms with Crippen LogP contribution in [0.2, 0.25) is 0 Å². The maximum Gasteiger partial charge on any atom is 0.417 e. The van der Waals surface area contributed by atoms with Crippen LogP contribution in [0.15, 0.2) is 45.9 Å². The molecule has 1 unspecified atom stereocenters. The largest absolute Gasteiger partial charge is 0.468 e. The highest BCUT2D eigenvalue weighted by Crippen LogP contribution is 2.27. The molecule has 2 heterocycles. The van der Waals surface area contributed by atoms with Crippen molar-refractivity contribution in [2.45, 2.75) is 25.7 Å². The van der Waals surface area contributed by atoms with Crippen LogP contribution in [0.5, 0.6) is 0 Å². The summed E-state index contributed by atoms with van der Waals surface area (Å²) in [4.78, 5) is 11.6. The summed E-state index contributed by atoms with van der Waals surface area (Å²) in [6.45, 7) is 2.37. The highest BCUT2D eigenvalue weighted by molar-refractivity contribution is 5.13. The minimum atomic E-state index is -4.45. The quantitative estimate of drug-likeness (QED) is 0.923. The molecule has 0 aliphatic heterocycles. The van der Waals surface area contributed by atoms with Crippen LogP contribution >= 0.6 is 0 Å². The Balaban J connectivity index is 1.98. The zero-order chi connectivity index (χ0) is 15.5. The fraction of sp³-hybridized carbons (Fsp3) is 0.357. The molecule has 1 N–H and O–H groups in total. The van der Waals surface area contributed by atoms with Gasteiger partial charge in [-0.15, -0.1) is 0 Å². The monoisotopic (exact) mass is 300 g/mol. The van der Waals surface area contributed by atoms with Gasteiger partial charge in [-0.25, -0.2) is 0 Å². The Morgan fingerprint density at radius 3 is 2.71 bits per heavy atom. The lowest BCUT2D eigenvalue weighted by Gasteiger charge is -2.13. The summed E-state index contributed by atoms with van der Waals surface area (Å²) in [5.41, 5.74) is -1.29. The lowest BCUT2D eigenvalue weighted by Crippen LogP contribution is -2.28. The van der Waals surface area contributed by atoms with Gasteiger partial charge in [0.25, 0.3) is 5.56 Å². The molecule has 0 fully saturated rings. The summed E-state index contributed by atoms with van der Waals surface area (Å²) in [5.74, 6) is 0.728. The maximum atomic E-state index is 12.6. The Morgan fingerprint density at radius 1 is 1.33 bits per heavy atom. The average Bonchev–Trinajstić information content (AvgIpc) is 2.93. The molecule has 114 valence electrons. The predicted molar refractivity (Wildman–Crippen MR) is 70.8 cm³/mol. The third-order valence-corrected chi connectivity index (χ3v) is 3.08. The molecule has 0 aromatic carbocycles. The van der Waals surface area contributed by atoms with Crippen molar-refractivity contribution in [3.63, 3.8) is 0 Å². The van der Waals surface area contributed by atoms with E-state index in [4.69, 9.17) is 4.42 Å². The van der Waals surface area contributed by atoms with Gasteiger partial charge in [-0.2, -0.15) is 13.2 Å². The fourth-order valence-corrected chi connectivity index (χ4v) is 1.91. The van der Waals surface area contributed by atoms with E-state index in [-0.39, 0.29) is 12.6 Å². The number of aromatic nitrogens is 1. The van der Waals surface area contributed by atoms with Gasteiger partial charge < -0.3 is 14.3 Å². The van der Waals surface area contributed by atoms with Gasteiger partial charge in [0, 0.05) is 25.4 Å². The zero-order valence-corrected chi connectivity index (χ0v) is 11.4. The zero-order valence-electron chi connectivity index (χ0n) is 11.4. The van der Waals surface area contributed by atoms with E-state index >= 15 is 0 Å². The number of nitrogens with one attached hydrogen (secondary N) is 1. The second-order valence-electron chi connectivity index (χ2n) is 4.64. The molecule has 2 aromatic rings. The Bertz CT molecular complexity index is 632. The molecule has 0 radical (unpaired) electrons. The number of rotatable bonds is 5. The van der Waals surface area contributed by atoms with Gasteiger partial charge in [0.1, 0.15) is 5.76 Å². The molecule has 0 bridgehead atoms. The number of hydrogen-bond donors (Lipinski definition) is 1. The highest BCUT2D eigenvalue weighted by atomic mass is 19.4. The summed E-state index contributed by atoms with van der Waals surface area (Å²) in [5, 5.41) is 3.08. The Hall–Kier alpha value is -2.02. The van der Waals surface area contributed by atoms with E-state index < -0.39 is 17.3 Å². The smallest absolute Gasteiger partial charge is 0.417 e. The normalized spacial score (nSPS) is 13.3. The fourth-order valence-electron chi connectivity index (χ4n) is 1.91. The molecule has 7 heteroatoms. The topological polar surface area (TPSA) is 47.2 Å². The van der Waals surface area contributed by atoms with Crippen LogP contribution in [0.25, 0.3) is 0 Å². The molecule has 0 aliphatic rings. The van der Waals surface area contributed by atoms with Gasteiger partial charge >= 0.3 is 6.18 Å². The van der Waals surface area contributed by atoms with Crippen molar-refractivity contribution in [1.82, 2.24) is 9.88 Å². The number of alkyl halides is 3. The van der Waals surface area contributed by atoms with Crippen LogP contribution in [0, 0.1) is 0 Å². The van der Waals surface area contributed by atoms with E-state index in [0.717, 1.165) is 28.7 Å². The molecular formula is C14H15F3N2O2. The van der Waals surface area contributed by atoms with E-state index in [9.17, 15) is 18.0 Å². The molecule has 21 heavy (non-hydrogen) atoms. The van der Waals surface area contributed by atoms with Crippen LogP contribution in [0.1, 0.15) is 24.3 Å². The van der Waals surface area contributed by atoms with Crippen LogP contribution in [0.3, 0.4) is 0 Å². The molecular weight excluding hydrogens is 285 g/mol. The van der Waals surface area contributed by atoms with Gasteiger partial charge in [-0.1, -0.05) is 0 Å².